The molecule has 0 unspecified atom stereocenters. The molecule has 0 aromatic heterocycles. The Kier molecular flexibility index (Phi) is 5.36. The van der Waals surface area contributed by atoms with Crippen molar-refractivity contribution in [2.45, 2.75) is 20.3 Å². The third-order valence-corrected chi connectivity index (χ3v) is 3.14. The molecule has 104 valence electrons. The highest BCUT2D eigenvalue weighted by Crippen LogP contribution is 2.17. The van der Waals surface area contributed by atoms with Crippen LogP contribution in [0.4, 0.5) is 0 Å². The number of carbonyl (C=O) groups excluding carboxylic acids is 2. The lowest BCUT2D eigenvalue weighted by Gasteiger charge is -2.21. The minimum Gasteiger partial charge on any atom is -0.469 e. The molecule has 0 heterocycles. The molecule has 0 saturated heterocycles. The van der Waals surface area contributed by atoms with E-state index in [1.165, 1.54) is 7.11 Å². The molecular weight excluding hydrogens is 266 g/mol. The number of benzene rings is 1. The van der Waals surface area contributed by atoms with E-state index in [4.69, 9.17) is 11.6 Å². The van der Waals surface area contributed by atoms with E-state index in [1.54, 1.807) is 26.0 Å². The highest BCUT2D eigenvalue weighted by atomic mass is 35.5. The van der Waals surface area contributed by atoms with Crippen molar-refractivity contribution >= 4 is 23.5 Å². The summed E-state index contributed by atoms with van der Waals surface area (Å²) in [5.74, 6) is -0.532. The zero-order chi connectivity index (χ0) is 14.5. The van der Waals surface area contributed by atoms with E-state index in [-0.39, 0.29) is 24.8 Å². The topological polar surface area (TPSA) is 55.4 Å². The summed E-state index contributed by atoms with van der Waals surface area (Å²) in [7, 11) is 1.33. The molecule has 0 spiro atoms. The van der Waals surface area contributed by atoms with Gasteiger partial charge in [-0.15, -0.1) is 0 Å². The average Bonchev–Trinajstić information content (AvgIpc) is 2.38. The molecule has 0 aliphatic rings. The molecule has 5 heteroatoms. The lowest BCUT2D eigenvalue weighted by Crippen LogP contribution is -2.40. The summed E-state index contributed by atoms with van der Waals surface area (Å²) in [5, 5.41) is 3.28. The predicted molar refractivity (Wildman–Crippen MR) is 74.0 cm³/mol. The van der Waals surface area contributed by atoms with Crippen molar-refractivity contribution in [3.05, 3.63) is 34.9 Å². The van der Waals surface area contributed by atoms with Crippen LogP contribution in [0.5, 0.6) is 0 Å². The van der Waals surface area contributed by atoms with Crippen LogP contribution >= 0.6 is 11.6 Å². The average molecular weight is 284 g/mol. The Morgan fingerprint density at radius 2 is 1.95 bits per heavy atom. The predicted octanol–water partition coefficient (Wildman–Crippen LogP) is 2.20. The van der Waals surface area contributed by atoms with Gasteiger partial charge in [0.15, 0.2) is 0 Å². The van der Waals surface area contributed by atoms with Crippen LogP contribution in [-0.4, -0.2) is 25.5 Å². The van der Waals surface area contributed by atoms with E-state index in [1.807, 2.05) is 12.1 Å². The summed E-state index contributed by atoms with van der Waals surface area (Å²) in [4.78, 5) is 23.3. The van der Waals surface area contributed by atoms with Gasteiger partial charge in [-0.1, -0.05) is 29.8 Å². The molecule has 1 amide bonds. The molecule has 0 radical (unpaired) electrons. The van der Waals surface area contributed by atoms with Gasteiger partial charge in [-0.2, -0.15) is 0 Å². The standard InChI is InChI=1S/C14H18ClNO3/c1-14(2,13(18)19-3)9-16-12(17)8-10-6-4-5-7-11(10)15/h4-7H,8-9H2,1-3H3,(H,16,17). The van der Waals surface area contributed by atoms with Crippen molar-refractivity contribution in [1.29, 1.82) is 0 Å². The number of amides is 1. The molecule has 1 aromatic carbocycles. The summed E-state index contributed by atoms with van der Waals surface area (Å²) in [6.45, 7) is 3.66. The first-order valence-electron chi connectivity index (χ1n) is 5.95. The Hall–Kier alpha value is -1.55. The number of halogens is 1. The number of ether oxygens (including phenoxy) is 1. The summed E-state index contributed by atoms with van der Waals surface area (Å²) in [6.07, 6.45) is 0.191. The maximum Gasteiger partial charge on any atom is 0.313 e. The highest BCUT2D eigenvalue weighted by Gasteiger charge is 2.29. The third kappa shape index (κ3) is 4.56. The first-order chi connectivity index (χ1) is 8.86. The van der Waals surface area contributed by atoms with Gasteiger partial charge < -0.3 is 10.1 Å². The van der Waals surface area contributed by atoms with Crippen molar-refractivity contribution in [3.8, 4) is 0 Å². The van der Waals surface area contributed by atoms with Gasteiger partial charge in [0.2, 0.25) is 5.91 Å². The number of nitrogens with one attached hydrogen (secondary N) is 1. The van der Waals surface area contributed by atoms with Crippen LogP contribution in [0.25, 0.3) is 0 Å². The quantitative estimate of drug-likeness (QED) is 0.843. The molecule has 19 heavy (non-hydrogen) atoms. The Balaban J connectivity index is 2.53. The minimum atomic E-state index is -0.745. The first-order valence-corrected chi connectivity index (χ1v) is 6.33. The van der Waals surface area contributed by atoms with E-state index in [9.17, 15) is 9.59 Å². The van der Waals surface area contributed by atoms with Crippen LogP contribution in [-0.2, 0) is 20.7 Å². The Bertz CT molecular complexity index is 472. The molecule has 0 atom stereocenters. The zero-order valence-electron chi connectivity index (χ0n) is 11.3. The van der Waals surface area contributed by atoms with Crippen LogP contribution in [0.2, 0.25) is 5.02 Å². The molecular formula is C14H18ClNO3. The molecule has 0 fully saturated rings. The van der Waals surface area contributed by atoms with Crippen molar-refractivity contribution < 1.29 is 14.3 Å². The molecule has 4 nitrogen and oxygen atoms in total. The SMILES string of the molecule is COC(=O)C(C)(C)CNC(=O)Cc1ccccc1Cl. The van der Waals surface area contributed by atoms with Crippen LogP contribution in [0.1, 0.15) is 19.4 Å². The Morgan fingerprint density at radius 3 is 2.53 bits per heavy atom. The maximum atomic E-state index is 11.8. The van der Waals surface area contributed by atoms with Gasteiger partial charge in [0, 0.05) is 11.6 Å². The molecule has 0 saturated carbocycles. The van der Waals surface area contributed by atoms with Gasteiger partial charge in [0.1, 0.15) is 0 Å². The van der Waals surface area contributed by atoms with E-state index < -0.39 is 5.41 Å². The number of hydrogen-bond acceptors (Lipinski definition) is 3. The van der Waals surface area contributed by atoms with Gasteiger partial charge in [-0.3, -0.25) is 9.59 Å². The largest absolute Gasteiger partial charge is 0.469 e. The molecule has 1 rings (SSSR count). The Labute approximate surface area is 118 Å². The number of rotatable bonds is 5. The van der Waals surface area contributed by atoms with E-state index in [0.29, 0.717) is 5.02 Å². The Morgan fingerprint density at radius 1 is 1.32 bits per heavy atom. The second-order valence-corrected chi connectivity index (χ2v) is 5.33. The second-order valence-electron chi connectivity index (χ2n) is 4.92. The van der Waals surface area contributed by atoms with Crippen molar-refractivity contribution in [2.24, 2.45) is 5.41 Å². The summed E-state index contributed by atoms with van der Waals surface area (Å²) in [5.41, 5.74) is 0.0165. The molecule has 1 N–H and O–H groups in total. The normalized spacial score (nSPS) is 10.9. The zero-order valence-corrected chi connectivity index (χ0v) is 12.1. The lowest BCUT2D eigenvalue weighted by atomic mass is 9.93. The summed E-state index contributed by atoms with van der Waals surface area (Å²) >= 11 is 5.98. The van der Waals surface area contributed by atoms with Gasteiger partial charge in [0.25, 0.3) is 0 Å². The highest BCUT2D eigenvalue weighted by molar-refractivity contribution is 6.31. The minimum absolute atomic E-state index is 0.176. The van der Waals surface area contributed by atoms with E-state index >= 15 is 0 Å². The van der Waals surface area contributed by atoms with Gasteiger partial charge in [-0.05, 0) is 25.5 Å². The van der Waals surface area contributed by atoms with Crippen molar-refractivity contribution in [3.63, 3.8) is 0 Å². The number of hydrogen-bond donors (Lipinski definition) is 1. The van der Waals surface area contributed by atoms with Gasteiger partial charge in [-0.25, -0.2) is 0 Å². The van der Waals surface area contributed by atoms with Crippen LogP contribution < -0.4 is 5.32 Å². The number of carbonyl (C=O) groups is 2. The van der Waals surface area contributed by atoms with Crippen LogP contribution in [0, 0.1) is 5.41 Å². The second kappa shape index (κ2) is 6.57. The van der Waals surface area contributed by atoms with Crippen molar-refractivity contribution in [1.82, 2.24) is 5.32 Å². The number of methoxy groups -OCH3 is 1. The van der Waals surface area contributed by atoms with E-state index in [0.717, 1.165) is 5.56 Å². The van der Waals surface area contributed by atoms with Crippen LogP contribution in [0.15, 0.2) is 24.3 Å². The van der Waals surface area contributed by atoms with Gasteiger partial charge >= 0.3 is 5.97 Å². The lowest BCUT2D eigenvalue weighted by molar-refractivity contribution is -0.150. The first kappa shape index (κ1) is 15.5. The molecule has 1 aromatic rings. The fraction of sp³-hybridized carbons (Fsp3) is 0.429. The fourth-order valence-electron chi connectivity index (χ4n) is 1.55. The third-order valence-electron chi connectivity index (χ3n) is 2.77. The number of esters is 1. The monoisotopic (exact) mass is 283 g/mol. The summed E-state index contributed by atoms with van der Waals surface area (Å²) in [6, 6.07) is 7.17. The smallest absolute Gasteiger partial charge is 0.313 e. The van der Waals surface area contributed by atoms with E-state index in [2.05, 4.69) is 10.1 Å². The van der Waals surface area contributed by atoms with Crippen molar-refractivity contribution in [2.75, 3.05) is 13.7 Å². The van der Waals surface area contributed by atoms with Gasteiger partial charge in [0.05, 0.1) is 18.9 Å². The molecule has 0 aliphatic carbocycles. The molecule has 0 bridgehead atoms. The fourth-order valence-corrected chi connectivity index (χ4v) is 1.75. The van der Waals surface area contributed by atoms with Crippen LogP contribution in [0.3, 0.4) is 0 Å². The summed E-state index contributed by atoms with van der Waals surface area (Å²) < 4.78 is 4.67. The maximum absolute atomic E-state index is 11.8. The molecule has 0 aliphatic heterocycles.